The van der Waals surface area contributed by atoms with E-state index < -0.39 is 17.8 Å². The molecular weight excluding hydrogens is 448 g/mol. The highest BCUT2D eigenvalue weighted by Crippen LogP contribution is 2.60. The second kappa shape index (κ2) is 12.7. The van der Waals surface area contributed by atoms with Gasteiger partial charge in [-0.3, -0.25) is 0 Å². The number of aliphatic hydroxyl groups excluding tert-OH is 3. The van der Waals surface area contributed by atoms with Crippen LogP contribution >= 0.6 is 0 Å². The molecule has 4 N–H and O–H groups in total. The molecule has 0 aromatic carbocycles. The van der Waals surface area contributed by atoms with Crippen LogP contribution in [0.25, 0.3) is 0 Å². The van der Waals surface area contributed by atoms with Crippen molar-refractivity contribution in [3.8, 4) is 0 Å². The summed E-state index contributed by atoms with van der Waals surface area (Å²) in [4.78, 5) is 0. The van der Waals surface area contributed by atoms with Crippen LogP contribution in [-0.2, 0) is 0 Å². The second-order valence-electron chi connectivity index (χ2n) is 13.2. The Bertz CT molecular complexity index is 790. The molecule has 0 spiro atoms. The van der Waals surface area contributed by atoms with Crippen molar-refractivity contribution in [1.82, 2.24) is 0 Å². The van der Waals surface area contributed by atoms with Crippen molar-refractivity contribution in [1.29, 1.82) is 0 Å². The fraction of sp³-hybridized carbons (Fsp3) is 0.812. The van der Waals surface area contributed by atoms with E-state index in [4.69, 9.17) is 5.11 Å². The number of aliphatic hydroxyl groups is 4. The number of allylic oxidation sites excluding steroid dienone is 3. The van der Waals surface area contributed by atoms with Gasteiger partial charge in [-0.1, -0.05) is 63.8 Å². The van der Waals surface area contributed by atoms with Crippen LogP contribution in [0.4, 0.5) is 0 Å². The molecule has 4 heteroatoms. The van der Waals surface area contributed by atoms with E-state index in [-0.39, 0.29) is 12.5 Å². The highest BCUT2D eigenvalue weighted by atomic mass is 16.3. The third-order valence-electron chi connectivity index (χ3n) is 9.97. The lowest BCUT2D eigenvalue weighted by atomic mass is 9.60. The Morgan fingerprint density at radius 1 is 1.11 bits per heavy atom. The normalized spacial score (nSPS) is 36.4. The third-order valence-corrected chi connectivity index (χ3v) is 9.97. The highest BCUT2D eigenvalue weighted by molar-refractivity contribution is 5.39. The summed E-state index contributed by atoms with van der Waals surface area (Å²) in [5.74, 6) is 1.88. The summed E-state index contributed by atoms with van der Waals surface area (Å²) >= 11 is 0. The molecule has 4 nitrogen and oxygen atoms in total. The van der Waals surface area contributed by atoms with Crippen LogP contribution in [0.1, 0.15) is 111 Å². The lowest BCUT2D eigenvalue weighted by Crippen LogP contribution is -2.38. The van der Waals surface area contributed by atoms with Crippen molar-refractivity contribution in [3.05, 3.63) is 35.5 Å². The summed E-state index contributed by atoms with van der Waals surface area (Å²) in [7, 11) is 0. The number of hydrogen-bond acceptors (Lipinski definition) is 4. The van der Waals surface area contributed by atoms with Crippen LogP contribution < -0.4 is 0 Å². The van der Waals surface area contributed by atoms with Crippen LogP contribution in [-0.4, -0.2) is 44.8 Å². The zero-order chi connectivity index (χ0) is 26.5. The third kappa shape index (κ3) is 7.12. The Labute approximate surface area is 220 Å². The minimum Gasteiger partial charge on any atom is -0.396 e. The van der Waals surface area contributed by atoms with Crippen molar-refractivity contribution in [2.75, 3.05) is 6.61 Å². The Morgan fingerprint density at radius 2 is 1.86 bits per heavy atom. The molecule has 3 aliphatic rings. The topological polar surface area (TPSA) is 80.9 Å². The summed E-state index contributed by atoms with van der Waals surface area (Å²) in [6, 6.07) is 0. The molecule has 7 atom stereocenters. The molecule has 0 aromatic rings. The highest BCUT2D eigenvalue weighted by Gasteiger charge is 2.50. The minimum atomic E-state index is -0.690. The van der Waals surface area contributed by atoms with Crippen molar-refractivity contribution in [2.45, 2.75) is 129 Å². The van der Waals surface area contributed by atoms with Crippen molar-refractivity contribution >= 4 is 0 Å². The number of unbranched alkanes of at least 4 members (excludes halogenated alkanes) is 2. The predicted molar refractivity (Wildman–Crippen MR) is 148 cm³/mol. The van der Waals surface area contributed by atoms with Crippen molar-refractivity contribution in [2.24, 2.45) is 29.1 Å². The van der Waals surface area contributed by atoms with E-state index in [2.05, 4.69) is 32.6 Å². The van der Waals surface area contributed by atoms with E-state index in [9.17, 15) is 15.3 Å². The monoisotopic (exact) mass is 502 g/mol. The molecule has 0 radical (unpaired) electrons. The van der Waals surface area contributed by atoms with Crippen LogP contribution in [0, 0.1) is 29.1 Å². The smallest absolute Gasteiger partial charge is 0.0839 e. The second-order valence-corrected chi connectivity index (χ2v) is 13.2. The first-order valence-electron chi connectivity index (χ1n) is 14.8. The number of hydrogen-bond donors (Lipinski definition) is 4. The molecule has 0 bridgehead atoms. The number of fused-ring (bicyclic) bond motifs is 1. The Morgan fingerprint density at radius 3 is 2.56 bits per heavy atom. The molecule has 0 heterocycles. The summed E-state index contributed by atoms with van der Waals surface area (Å²) in [6.45, 7) is 13.2. The molecule has 36 heavy (non-hydrogen) atoms. The first-order valence-corrected chi connectivity index (χ1v) is 14.8. The van der Waals surface area contributed by atoms with Gasteiger partial charge in [0.25, 0.3) is 0 Å². The van der Waals surface area contributed by atoms with Gasteiger partial charge >= 0.3 is 0 Å². The van der Waals surface area contributed by atoms with Gasteiger partial charge in [0.1, 0.15) is 0 Å². The molecule has 206 valence electrons. The standard InChI is InChI=1S/C32H54O4/c1-22(11-9-18-31(3,4)36)27-16-17-28-24(12-10-19-32(27,28)5)14-15-25-21-29(34)26(30(35)23(25)2)13-7-6-8-20-33/h14-15,22,26-30,33-36H,2,6-13,16-21H2,1,3-5H3/b24-14?,25-15-/t22-,26-,27-,28?,29-,30+,32-/m1/s1. The zero-order valence-electron chi connectivity index (χ0n) is 23.5. The van der Waals surface area contributed by atoms with Crippen LogP contribution in [0.15, 0.2) is 35.5 Å². The SMILES string of the molecule is C=C1/C(=C\C=C2CCC[C@@]3(C)C2CC[C@@H]3[C@H](C)CCCC(C)(C)O)C[C@@H](O)[C@@H](CCCCCO)[C@H]1O. The lowest BCUT2D eigenvalue weighted by molar-refractivity contribution is 0.0128. The molecule has 0 aromatic heterocycles. The van der Waals surface area contributed by atoms with E-state index in [1.54, 1.807) is 5.57 Å². The van der Waals surface area contributed by atoms with E-state index in [1.807, 2.05) is 13.8 Å². The molecule has 3 fully saturated rings. The predicted octanol–water partition coefficient (Wildman–Crippen LogP) is 6.48. The van der Waals surface area contributed by atoms with Gasteiger partial charge in [0.05, 0.1) is 17.8 Å². The van der Waals surface area contributed by atoms with Crippen molar-refractivity contribution < 1.29 is 20.4 Å². The first kappa shape index (κ1) is 29.6. The van der Waals surface area contributed by atoms with Gasteiger partial charge in [-0.25, -0.2) is 0 Å². The largest absolute Gasteiger partial charge is 0.396 e. The van der Waals surface area contributed by atoms with E-state index in [0.29, 0.717) is 23.7 Å². The summed E-state index contributed by atoms with van der Waals surface area (Å²) < 4.78 is 0. The molecule has 3 aliphatic carbocycles. The quantitative estimate of drug-likeness (QED) is 0.244. The first-order chi connectivity index (χ1) is 17.0. The van der Waals surface area contributed by atoms with Gasteiger partial charge in [-0.05, 0) is 106 Å². The van der Waals surface area contributed by atoms with E-state index in [1.165, 1.54) is 32.1 Å². The van der Waals surface area contributed by atoms with Crippen LogP contribution in [0.5, 0.6) is 0 Å². The molecular formula is C32H54O4. The molecule has 3 saturated carbocycles. The molecule has 0 aliphatic heterocycles. The number of rotatable bonds is 11. The van der Waals surface area contributed by atoms with Gasteiger partial charge < -0.3 is 20.4 Å². The van der Waals surface area contributed by atoms with Crippen molar-refractivity contribution in [3.63, 3.8) is 0 Å². The fourth-order valence-electron chi connectivity index (χ4n) is 7.84. The molecule has 1 unspecified atom stereocenters. The van der Waals surface area contributed by atoms with Gasteiger partial charge in [-0.2, -0.15) is 0 Å². The van der Waals surface area contributed by atoms with Crippen LogP contribution in [0.2, 0.25) is 0 Å². The van der Waals surface area contributed by atoms with Gasteiger partial charge in [0, 0.05) is 12.5 Å². The maximum atomic E-state index is 10.9. The molecule has 0 saturated heterocycles. The molecule has 0 amide bonds. The minimum absolute atomic E-state index is 0.160. The Hall–Kier alpha value is -0.940. The summed E-state index contributed by atoms with van der Waals surface area (Å²) in [5.41, 5.74) is 3.09. The molecule has 3 rings (SSSR count). The van der Waals surface area contributed by atoms with Gasteiger partial charge in [-0.15, -0.1) is 0 Å². The lowest BCUT2D eigenvalue weighted by Gasteiger charge is -2.44. The maximum absolute atomic E-state index is 10.9. The average Bonchev–Trinajstić information content (AvgIpc) is 3.16. The maximum Gasteiger partial charge on any atom is 0.0839 e. The Balaban J connectivity index is 1.65. The fourth-order valence-corrected chi connectivity index (χ4v) is 7.84. The van der Waals surface area contributed by atoms with Gasteiger partial charge in [0.2, 0.25) is 0 Å². The van der Waals surface area contributed by atoms with Gasteiger partial charge in [0.15, 0.2) is 0 Å². The average molecular weight is 503 g/mol. The summed E-state index contributed by atoms with van der Waals surface area (Å²) in [6.07, 6.45) is 16.6. The van der Waals surface area contributed by atoms with E-state index in [0.717, 1.165) is 62.0 Å². The van der Waals surface area contributed by atoms with E-state index >= 15 is 0 Å². The van der Waals surface area contributed by atoms with Crippen LogP contribution in [0.3, 0.4) is 0 Å². The Kier molecular flexibility index (Phi) is 10.5. The summed E-state index contributed by atoms with van der Waals surface area (Å²) in [5, 5.41) is 40.8. The zero-order valence-corrected chi connectivity index (χ0v) is 23.5.